The maximum absolute atomic E-state index is 5.80. The minimum Gasteiger partial charge on any atom is -0.476 e. The first-order valence-corrected chi connectivity index (χ1v) is 5.27. The van der Waals surface area contributed by atoms with E-state index in [9.17, 15) is 0 Å². The molecule has 0 aromatic carbocycles. The maximum Gasteiger partial charge on any atom is 0.220 e. The first-order valence-electron chi connectivity index (χ1n) is 5.27. The van der Waals surface area contributed by atoms with Gasteiger partial charge in [-0.05, 0) is 27.7 Å². The standard InChI is InChI=1S/C11H19N3O2/c1-8(2)16-10-5-9(13-7-14-10)15-6-11(3,4)12/h5,7-8H,6,12H2,1-4H3. The molecule has 1 rings (SSSR count). The van der Waals surface area contributed by atoms with Crippen LogP contribution in [0.4, 0.5) is 0 Å². The lowest BCUT2D eigenvalue weighted by Gasteiger charge is -2.18. The zero-order chi connectivity index (χ0) is 12.2. The third-order valence-electron chi connectivity index (χ3n) is 1.57. The number of hydrogen-bond acceptors (Lipinski definition) is 5. The van der Waals surface area contributed by atoms with Gasteiger partial charge in [0.05, 0.1) is 12.2 Å². The molecule has 0 bridgehead atoms. The summed E-state index contributed by atoms with van der Waals surface area (Å²) in [5, 5.41) is 0. The highest BCUT2D eigenvalue weighted by atomic mass is 16.5. The minimum absolute atomic E-state index is 0.0775. The molecule has 0 amide bonds. The largest absolute Gasteiger partial charge is 0.476 e. The van der Waals surface area contributed by atoms with Crippen LogP contribution in [-0.4, -0.2) is 28.2 Å². The Kier molecular flexibility index (Phi) is 4.06. The van der Waals surface area contributed by atoms with E-state index in [1.54, 1.807) is 6.07 Å². The predicted octanol–water partition coefficient (Wildman–Crippen LogP) is 1.38. The van der Waals surface area contributed by atoms with E-state index in [1.807, 2.05) is 27.7 Å². The van der Waals surface area contributed by atoms with Crippen LogP contribution in [0.3, 0.4) is 0 Å². The average molecular weight is 225 g/mol. The fraction of sp³-hybridized carbons (Fsp3) is 0.636. The Morgan fingerprint density at radius 3 is 2.50 bits per heavy atom. The fourth-order valence-corrected chi connectivity index (χ4v) is 0.968. The van der Waals surface area contributed by atoms with Gasteiger partial charge in [-0.25, -0.2) is 9.97 Å². The van der Waals surface area contributed by atoms with Crippen LogP contribution in [0.5, 0.6) is 11.8 Å². The van der Waals surface area contributed by atoms with Crippen molar-refractivity contribution >= 4 is 0 Å². The van der Waals surface area contributed by atoms with Crippen LogP contribution < -0.4 is 15.2 Å². The van der Waals surface area contributed by atoms with Crippen LogP contribution >= 0.6 is 0 Å². The van der Waals surface area contributed by atoms with Gasteiger partial charge in [0.1, 0.15) is 12.9 Å². The smallest absolute Gasteiger partial charge is 0.220 e. The molecule has 1 aromatic heterocycles. The lowest BCUT2D eigenvalue weighted by Crippen LogP contribution is -2.38. The van der Waals surface area contributed by atoms with Crippen LogP contribution in [0.15, 0.2) is 12.4 Å². The highest BCUT2D eigenvalue weighted by molar-refractivity contribution is 5.18. The molecule has 16 heavy (non-hydrogen) atoms. The predicted molar refractivity (Wildman–Crippen MR) is 61.6 cm³/mol. The van der Waals surface area contributed by atoms with Gasteiger partial charge in [-0.15, -0.1) is 0 Å². The summed E-state index contributed by atoms with van der Waals surface area (Å²) in [5.74, 6) is 0.985. The molecule has 0 aliphatic rings. The van der Waals surface area contributed by atoms with E-state index < -0.39 is 0 Å². The van der Waals surface area contributed by atoms with Gasteiger partial charge in [0.2, 0.25) is 11.8 Å². The summed E-state index contributed by atoms with van der Waals surface area (Å²) in [6.45, 7) is 8.04. The molecule has 0 spiro atoms. The van der Waals surface area contributed by atoms with E-state index in [2.05, 4.69) is 9.97 Å². The van der Waals surface area contributed by atoms with Crippen molar-refractivity contribution < 1.29 is 9.47 Å². The van der Waals surface area contributed by atoms with Gasteiger partial charge in [0, 0.05) is 5.54 Å². The molecule has 2 N–H and O–H groups in total. The Hall–Kier alpha value is -1.36. The second-order valence-electron chi connectivity index (χ2n) is 4.64. The maximum atomic E-state index is 5.80. The Morgan fingerprint density at radius 1 is 1.31 bits per heavy atom. The van der Waals surface area contributed by atoms with Crippen LogP contribution in [0.2, 0.25) is 0 Å². The molecule has 1 aromatic rings. The number of aromatic nitrogens is 2. The summed E-state index contributed by atoms with van der Waals surface area (Å²) >= 11 is 0. The quantitative estimate of drug-likeness (QED) is 0.819. The van der Waals surface area contributed by atoms with E-state index in [-0.39, 0.29) is 11.6 Å². The first kappa shape index (κ1) is 12.7. The molecule has 0 atom stereocenters. The van der Waals surface area contributed by atoms with Crippen molar-refractivity contribution in [1.29, 1.82) is 0 Å². The second-order valence-corrected chi connectivity index (χ2v) is 4.64. The molecule has 5 heteroatoms. The monoisotopic (exact) mass is 225 g/mol. The zero-order valence-electron chi connectivity index (χ0n) is 10.2. The van der Waals surface area contributed by atoms with Gasteiger partial charge in [-0.3, -0.25) is 0 Å². The van der Waals surface area contributed by atoms with Crippen molar-refractivity contribution in [3.63, 3.8) is 0 Å². The number of ether oxygens (including phenoxy) is 2. The van der Waals surface area contributed by atoms with Crippen molar-refractivity contribution in [2.45, 2.75) is 39.3 Å². The SMILES string of the molecule is CC(C)Oc1cc(OCC(C)(C)N)ncn1. The summed E-state index contributed by atoms with van der Waals surface area (Å²) in [6.07, 6.45) is 1.49. The molecule has 0 saturated heterocycles. The Labute approximate surface area is 96.0 Å². The lowest BCUT2D eigenvalue weighted by molar-refractivity contribution is 0.218. The van der Waals surface area contributed by atoms with E-state index in [1.165, 1.54) is 6.33 Å². The fourth-order valence-electron chi connectivity index (χ4n) is 0.968. The Balaban J connectivity index is 2.60. The van der Waals surface area contributed by atoms with Gasteiger partial charge >= 0.3 is 0 Å². The Morgan fingerprint density at radius 2 is 1.94 bits per heavy atom. The highest BCUT2D eigenvalue weighted by Gasteiger charge is 2.12. The van der Waals surface area contributed by atoms with E-state index in [0.717, 1.165) is 0 Å². The van der Waals surface area contributed by atoms with Crippen molar-refractivity contribution in [3.8, 4) is 11.8 Å². The van der Waals surface area contributed by atoms with E-state index >= 15 is 0 Å². The van der Waals surface area contributed by atoms with E-state index in [4.69, 9.17) is 15.2 Å². The molecule has 0 unspecified atom stereocenters. The van der Waals surface area contributed by atoms with Gasteiger partial charge in [0.15, 0.2) is 0 Å². The number of nitrogens with zero attached hydrogens (tertiary/aromatic N) is 2. The van der Waals surface area contributed by atoms with Crippen molar-refractivity contribution in [1.82, 2.24) is 9.97 Å². The molecular formula is C11H19N3O2. The van der Waals surface area contributed by atoms with Gasteiger partial charge < -0.3 is 15.2 Å². The number of hydrogen-bond donors (Lipinski definition) is 1. The normalized spacial score (nSPS) is 11.6. The molecule has 0 aliphatic carbocycles. The van der Waals surface area contributed by atoms with Crippen LogP contribution in [0.1, 0.15) is 27.7 Å². The molecule has 0 radical (unpaired) electrons. The topological polar surface area (TPSA) is 70.3 Å². The zero-order valence-corrected chi connectivity index (χ0v) is 10.2. The van der Waals surface area contributed by atoms with Gasteiger partial charge in [-0.1, -0.05) is 0 Å². The third kappa shape index (κ3) is 4.93. The van der Waals surface area contributed by atoms with Crippen molar-refractivity contribution in [2.24, 2.45) is 5.73 Å². The second kappa shape index (κ2) is 5.12. The third-order valence-corrected chi connectivity index (χ3v) is 1.57. The average Bonchev–Trinajstić information content (AvgIpc) is 2.13. The van der Waals surface area contributed by atoms with Gasteiger partial charge in [-0.2, -0.15) is 0 Å². The summed E-state index contributed by atoms with van der Waals surface area (Å²) in [6, 6.07) is 1.66. The van der Waals surface area contributed by atoms with Gasteiger partial charge in [0.25, 0.3) is 0 Å². The molecule has 5 nitrogen and oxygen atoms in total. The van der Waals surface area contributed by atoms with Crippen LogP contribution in [-0.2, 0) is 0 Å². The molecule has 0 saturated carbocycles. The molecule has 1 heterocycles. The summed E-state index contributed by atoms with van der Waals surface area (Å²) in [4.78, 5) is 7.96. The highest BCUT2D eigenvalue weighted by Crippen LogP contribution is 2.15. The summed E-state index contributed by atoms with van der Waals surface area (Å²) in [7, 11) is 0. The van der Waals surface area contributed by atoms with E-state index in [0.29, 0.717) is 18.4 Å². The van der Waals surface area contributed by atoms with Crippen molar-refractivity contribution in [2.75, 3.05) is 6.61 Å². The molecule has 0 fully saturated rings. The van der Waals surface area contributed by atoms with Crippen molar-refractivity contribution in [3.05, 3.63) is 12.4 Å². The minimum atomic E-state index is -0.385. The molecular weight excluding hydrogens is 206 g/mol. The number of rotatable bonds is 5. The number of nitrogens with two attached hydrogens (primary N) is 1. The van der Waals surface area contributed by atoms with Crippen LogP contribution in [0, 0.1) is 0 Å². The molecule has 0 aliphatic heterocycles. The van der Waals surface area contributed by atoms with Crippen LogP contribution in [0.25, 0.3) is 0 Å². The first-order chi connectivity index (χ1) is 7.37. The summed E-state index contributed by atoms with van der Waals surface area (Å²) < 4.78 is 10.9. The summed E-state index contributed by atoms with van der Waals surface area (Å²) in [5.41, 5.74) is 5.42. The lowest BCUT2D eigenvalue weighted by atomic mass is 10.1. The Bertz CT molecular complexity index is 334. The molecule has 90 valence electrons.